The van der Waals surface area contributed by atoms with Crippen molar-refractivity contribution in [2.75, 3.05) is 7.11 Å². The van der Waals surface area contributed by atoms with E-state index >= 15 is 0 Å². The Bertz CT molecular complexity index is 2100. The molecule has 2 amide bonds. The van der Waals surface area contributed by atoms with E-state index in [1.165, 1.54) is 50.1 Å². The van der Waals surface area contributed by atoms with E-state index in [0.717, 1.165) is 17.5 Å². The highest BCUT2D eigenvalue weighted by Crippen LogP contribution is 2.19. The number of methoxy groups -OCH3 is 1. The third-order valence-corrected chi connectivity index (χ3v) is 6.73. The van der Waals surface area contributed by atoms with E-state index in [-0.39, 0.29) is 58.3 Å². The predicted octanol–water partition coefficient (Wildman–Crippen LogP) is 3.54. The van der Waals surface area contributed by atoms with Crippen LogP contribution in [0.4, 0.5) is 8.78 Å². The summed E-state index contributed by atoms with van der Waals surface area (Å²) in [6.07, 6.45) is 5.02. The molecule has 5 N–H and O–H groups in total. The second kappa shape index (κ2) is 14.0. The average molecular weight is 643 g/mol. The molecule has 0 radical (unpaired) electrons. The Kier molecular flexibility index (Phi) is 9.50. The van der Waals surface area contributed by atoms with Crippen LogP contribution in [-0.4, -0.2) is 65.9 Å². The van der Waals surface area contributed by atoms with Gasteiger partial charge in [-0.3, -0.25) is 9.59 Å². The van der Waals surface area contributed by atoms with Crippen LogP contribution >= 0.6 is 0 Å². The van der Waals surface area contributed by atoms with Crippen LogP contribution in [0.1, 0.15) is 52.8 Å². The van der Waals surface area contributed by atoms with Gasteiger partial charge < -0.3 is 30.4 Å². The molecule has 47 heavy (non-hydrogen) atoms. The van der Waals surface area contributed by atoms with Crippen molar-refractivity contribution >= 4 is 45.8 Å². The first-order valence-electron chi connectivity index (χ1n) is 13.7. The molecule has 6 aromatic rings. The topological polar surface area (TPSA) is 205 Å². The summed E-state index contributed by atoms with van der Waals surface area (Å²) in [5, 5.41) is 14.4. The van der Waals surface area contributed by atoms with Gasteiger partial charge in [0.15, 0.2) is 11.4 Å². The van der Waals surface area contributed by atoms with Gasteiger partial charge in [0.05, 0.1) is 18.1 Å². The SMILES string of the molecule is COC(=O)c1c[nH]c2c(C(=O)NCc3ccc(F)cc3)ncnc12.O=C(O)c1c[nH]c2c(C(=O)NCc3ccc(F)cc3)ncnc12. The van der Waals surface area contributed by atoms with Gasteiger partial charge in [0.2, 0.25) is 0 Å². The number of esters is 1. The van der Waals surface area contributed by atoms with Gasteiger partial charge in [-0.05, 0) is 35.4 Å². The van der Waals surface area contributed by atoms with Gasteiger partial charge in [-0.2, -0.15) is 0 Å². The van der Waals surface area contributed by atoms with Crippen molar-refractivity contribution in [3.05, 3.63) is 119 Å². The molecule has 0 saturated carbocycles. The van der Waals surface area contributed by atoms with Crippen LogP contribution < -0.4 is 10.6 Å². The summed E-state index contributed by atoms with van der Waals surface area (Å²) in [6.45, 7) is 0.409. The van der Waals surface area contributed by atoms with Crippen molar-refractivity contribution in [3.63, 3.8) is 0 Å². The second-order valence-corrected chi connectivity index (χ2v) is 9.71. The number of hydrogen-bond acceptors (Lipinski definition) is 9. The van der Waals surface area contributed by atoms with Gasteiger partial charge in [-0.25, -0.2) is 38.3 Å². The number of carbonyl (C=O) groups is 4. The molecule has 0 fully saturated rings. The van der Waals surface area contributed by atoms with Crippen LogP contribution in [0.5, 0.6) is 0 Å². The molecular weight excluding hydrogens is 618 g/mol. The first kappa shape index (κ1) is 31.8. The molecule has 6 rings (SSSR count). The van der Waals surface area contributed by atoms with Gasteiger partial charge in [-0.1, -0.05) is 24.3 Å². The van der Waals surface area contributed by atoms with E-state index in [1.807, 2.05) is 0 Å². The number of carboxylic acids is 1. The van der Waals surface area contributed by atoms with Crippen LogP contribution in [0.2, 0.25) is 0 Å². The number of carbonyl (C=O) groups excluding carboxylic acids is 3. The number of nitrogens with one attached hydrogen (secondary N) is 4. The largest absolute Gasteiger partial charge is 0.478 e. The van der Waals surface area contributed by atoms with E-state index in [9.17, 15) is 28.0 Å². The Morgan fingerprint density at radius 3 is 1.55 bits per heavy atom. The lowest BCUT2D eigenvalue weighted by atomic mass is 10.2. The van der Waals surface area contributed by atoms with E-state index in [0.29, 0.717) is 11.0 Å². The lowest BCUT2D eigenvalue weighted by Crippen LogP contribution is -2.24. The van der Waals surface area contributed by atoms with E-state index in [2.05, 4.69) is 45.3 Å². The van der Waals surface area contributed by atoms with Gasteiger partial charge >= 0.3 is 11.9 Å². The molecule has 0 saturated heterocycles. The summed E-state index contributed by atoms with van der Waals surface area (Å²) < 4.78 is 30.4. The first-order chi connectivity index (χ1) is 22.7. The number of fused-ring (bicyclic) bond motifs is 2. The maximum absolute atomic E-state index is 12.9. The zero-order valence-electron chi connectivity index (χ0n) is 24.4. The standard InChI is InChI=1S/C16H13FN4O3.C15H11FN4O3/c1-24-16(23)11-7-18-13-12(11)20-8-21-14(13)15(22)19-6-9-2-4-10(17)5-3-9;16-9-3-1-8(2-4-9)5-18-14(21)13-12-11(19-7-20-13)10(6-17-12)15(22)23/h2-5,7-8,18H,6H2,1H3,(H,19,22);1-4,6-7,17H,5H2,(H,18,21)(H,22,23). The average Bonchev–Trinajstić information content (AvgIpc) is 3.72. The lowest BCUT2D eigenvalue weighted by Gasteiger charge is -2.05. The molecule has 0 atom stereocenters. The summed E-state index contributed by atoms with van der Waals surface area (Å²) in [5.41, 5.74) is 2.89. The molecular formula is C31H24F2N8O6. The number of carboxylic acid groups (broad SMARTS) is 1. The molecule has 0 aliphatic heterocycles. The Labute approximate surface area is 263 Å². The Hall–Kier alpha value is -6.58. The molecule has 2 aromatic carbocycles. The number of nitrogens with zero attached hydrogens (tertiary/aromatic N) is 4. The number of H-pyrrole nitrogens is 2. The number of rotatable bonds is 8. The second-order valence-electron chi connectivity index (χ2n) is 9.71. The minimum atomic E-state index is -1.15. The number of hydrogen-bond donors (Lipinski definition) is 5. The number of halogens is 2. The van der Waals surface area contributed by atoms with E-state index in [1.54, 1.807) is 24.3 Å². The maximum Gasteiger partial charge on any atom is 0.341 e. The number of ether oxygens (including phenoxy) is 1. The molecule has 14 nitrogen and oxygen atoms in total. The third kappa shape index (κ3) is 7.22. The molecule has 0 bridgehead atoms. The van der Waals surface area contributed by atoms with Crippen molar-refractivity contribution in [2.45, 2.75) is 13.1 Å². The van der Waals surface area contributed by atoms with Crippen molar-refractivity contribution in [2.24, 2.45) is 0 Å². The summed E-state index contributed by atoms with van der Waals surface area (Å²) >= 11 is 0. The normalized spacial score (nSPS) is 10.6. The van der Waals surface area contributed by atoms with Crippen molar-refractivity contribution in [1.29, 1.82) is 0 Å². The smallest absolute Gasteiger partial charge is 0.341 e. The summed E-state index contributed by atoms with van der Waals surface area (Å²) in [7, 11) is 1.26. The molecule has 16 heteroatoms. The first-order valence-corrected chi connectivity index (χ1v) is 13.7. The van der Waals surface area contributed by atoms with Crippen molar-refractivity contribution < 1.29 is 37.8 Å². The number of aromatic nitrogens is 6. The quantitative estimate of drug-likeness (QED) is 0.153. The Morgan fingerprint density at radius 1 is 0.702 bits per heavy atom. The number of amides is 2. The van der Waals surface area contributed by atoms with Crippen LogP contribution in [0.15, 0.2) is 73.6 Å². The summed E-state index contributed by atoms with van der Waals surface area (Å²) in [5.74, 6) is -3.33. The van der Waals surface area contributed by atoms with Gasteiger partial charge in [0.1, 0.15) is 46.4 Å². The fourth-order valence-electron chi connectivity index (χ4n) is 4.39. The summed E-state index contributed by atoms with van der Waals surface area (Å²) in [6, 6.07) is 11.5. The highest BCUT2D eigenvalue weighted by atomic mass is 19.1. The minimum Gasteiger partial charge on any atom is -0.478 e. The van der Waals surface area contributed by atoms with Crippen LogP contribution in [0.25, 0.3) is 22.1 Å². The van der Waals surface area contributed by atoms with Crippen LogP contribution in [0, 0.1) is 11.6 Å². The molecule has 0 aliphatic rings. The van der Waals surface area contributed by atoms with Crippen molar-refractivity contribution in [3.8, 4) is 0 Å². The zero-order chi connectivity index (χ0) is 33.5. The van der Waals surface area contributed by atoms with E-state index in [4.69, 9.17) is 5.11 Å². The van der Waals surface area contributed by atoms with E-state index < -0.39 is 23.8 Å². The Balaban J connectivity index is 0.000000185. The maximum atomic E-state index is 12.9. The fraction of sp³-hybridized carbons (Fsp3) is 0.0968. The van der Waals surface area contributed by atoms with Crippen LogP contribution in [0.3, 0.4) is 0 Å². The predicted molar refractivity (Wildman–Crippen MR) is 161 cm³/mol. The fourth-order valence-corrected chi connectivity index (χ4v) is 4.39. The van der Waals surface area contributed by atoms with Crippen molar-refractivity contribution in [1.82, 2.24) is 40.5 Å². The molecule has 0 spiro atoms. The van der Waals surface area contributed by atoms with Crippen LogP contribution in [-0.2, 0) is 17.8 Å². The highest BCUT2D eigenvalue weighted by Gasteiger charge is 2.20. The zero-order valence-corrected chi connectivity index (χ0v) is 24.4. The molecule has 0 unspecified atom stereocenters. The molecule has 4 aromatic heterocycles. The monoisotopic (exact) mass is 642 g/mol. The minimum absolute atomic E-state index is 0.0324. The third-order valence-electron chi connectivity index (χ3n) is 6.73. The molecule has 4 heterocycles. The summed E-state index contributed by atoms with van der Waals surface area (Å²) in [4.78, 5) is 68.6. The Morgan fingerprint density at radius 2 is 1.13 bits per heavy atom. The van der Waals surface area contributed by atoms with Gasteiger partial charge in [-0.15, -0.1) is 0 Å². The number of aromatic carboxylic acids is 1. The van der Waals surface area contributed by atoms with Gasteiger partial charge in [0.25, 0.3) is 11.8 Å². The lowest BCUT2D eigenvalue weighted by molar-refractivity contribution is 0.0601. The molecule has 0 aliphatic carbocycles. The van der Waals surface area contributed by atoms with Gasteiger partial charge in [0, 0.05) is 25.5 Å². The molecule has 238 valence electrons. The number of aromatic amines is 2. The highest BCUT2D eigenvalue weighted by molar-refractivity contribution is 6.09. The number of benzene rings is 2.